The molecule has 0 radical (unpaired) electrons. The number of rotatable bonds is 6. The number of hydrogen-bond acceptors (Lipinski definition) is 5. The summed E-state index contributed by atoms with van der Waals surface area (Å²) in [7, 11) is 0. The number of nitrogens with one attached hydrogen (secondary N) is 1. The van der Waals surface area contributed by atoms with E-state index in [0.29, 0.717) is 19.0 Å². The Bertz CT molecular complexity index is 554. The highest BCUT2D eigenvalue weighted by atomic mass is 16.5. The Morgan fingerprint density at radius 1 is 1.20 bits per heavy atom. The zero-order valence-corrected chi connectivity index (χ0v) is 11.9. The molecule has 0 bridgehead atoms. The SMILES string of the molecule is CCOc1ncnc(Nc2ccc(CCN)cc2)c1C. The lowest BCUT2D eigenvalue weighted by molar-refractivity contribution is 0.324. The maximum absolute atomic E-state index is 5.54. The van der Waals surface area contributed by atoms with E-state index in [4.69, 9.17) is 10.5 Å². The predicted octanol–water partition coefficient (Wildman–Crippen LogP) is 2.43. The van der Waals surface area contributed by atoms with E-state index in [1.165, 1.54) is 11.9 Å². The van der Waals surface area contributed by atoms with Crippen LogP contribution in [0.15, 0.2) is 30.6 Å². The molecule has 0 saturated carbocycles. The molecule has 5 heteroatoms. The molecule has 1 aromatic carbocycles. The van der Waals surface area contributed by atoms with Gasteiger partial charge in [-0.3, -0.25) is 0 Å². The molecule has 106 valence electrons. The smallest absolute Gasteiger partial charge is 0.221 e. The fourth-order valence-electron chi connectivity index (χ4n) is 1.90. The van der Waals surface area contributed by atoms with Crippen molar-refractivity contribution in [2.45, 2.75) is 20.3 Å². The van der Waals surface area contributed by atoms with Crippen LogP contribution in [-0.2, 0) is 6.42 Å². The molecule has 1 heterocycles. The van der Waals surface area contributed by atoms with Crippen LogP contribution in [0.2, 0.25) is 0 Å². The molecule has 2 rings (SSSR count). The van der Waals surface area contributed by atoms with Crippen LogP contribution in [0.4, 0.5) is 11.5 Å². The van der Waals surface area contributed by atoms with Crippen molar-refractivity contribution in [3.05, 3.63) is 41.7 Å². The zero-order valence-electron chi connectivity index (χ0n) is 11.9. The first-order valence-corrected chi connectivity index (χ1v) is 6.75. The third kappa shape index (κ3) is 3.45. The van der Waals surface area contributed by atoms with Crippen LogP contribution in [0.1, 0.15) is 18.1 Å². The van der Waals surface area contributed by atoms with Crippen molar-refractivity contribution in [1.82, 2.24) is 9.97 Å². The summed E-state index contributed by atoms with van der Waals surface area (Å²) in [5.41, 5.74) is 8.65. The van der Waals surface area contributed by atoms with E-state index in [-0.39, 0.29) is 0 Å². The molecule has 1 aromatic heterocycles. The van der Waals surface area contributed by atoms with Gasteiger partial charge in [0.05, 0.1) is 12.2 Å². The lowest BCUT2D eigenvalue weighted by Crippen LogP contribution is -2.04. The second kappa shape index (κ2) is 6.86. The second-order valence-corrected chi connectivity index (χ2v) is 4.45. The number of benzene rings is 1. The minimum Gasteiger partial charge on any atom is -0.478 e. The number of nitrogens with two attached hydrogens (primary N) is 1. The summed E-state index contributed by atoms with van der Waals surface area (Å²) in [4.78, 5) is 8.37. The van der Waals surface area contributed by atoms with E-state index in [1.54, 1.807) is 0 Å². The van der Waals surface area contributed by atoms with Gasteiger partial charge in [-0.2, -0.15) is 0 Å². The quantitative estimate of drug-likeness (QED) is 0.845. The van der Waals surface area contributed by atoms with Crippen molar-refractivity contribution >= 4 is 11.5 Å². The molecule has 2 aromatic rings. The summed E-state index contributed by atoms with van der Waals surface area (Å²) in [6.45, 7) is 5.13. The highest BCUT2D eigenvalue weighted by Gasteiger charge is 2.07. The molecule has 0 saturated heterocycles. The molecular formula is C15H20N4O. The molecule has 0 aliphatic rings. The van der Waals surface area contributed by atoms with Gasteiger partial charge in [-0.05, 0) is 44.5 Å². The fraction of sp³-hybridized carbons (Fsp3) is 0.333. The monoisotopic (exact) mass is 272 g/mol. The van der Waals surface area contributed by atoms with E-state index in [1.807, 2.05) is 26.0 Å². The minimum absolute atomic E-state index is 0.588. The Labute approximate surface area is 119 Å². The molecule has 0 aliphatic carbocycles. The molecule has 0 unspecified atom stereocenters. The molecule has 0 fully saturated rings. The first kappa shape index (κ1) is 14.3. The Kier molecular flexibility index (Phi) is 4.90. The highest BCUT2D eigenvalue weighted by molar-refractivity contribution is 5.60. The second-order valence-electron chi connectivity index (χ2n) is 4.45. The maximum Gasteiger partial charge on any atom is 0.221 e. The minimum atomic E-state index is 0.588. The van der Waals surface area contributed by atoms with E-state index in [9.17, 15) is 0 Å². The number of aromatic nitrogens is 2. The Hall–Kier alpha value is -2.14. The largest absolute Gasteiger partial charge is 0.478 e. The van der Waals surface area contributed by atoms with E-state index < -0.39 is 0 Å². The van der Waals surface area contributed by atoms with Gasteiger partial charge in [0.1, 0.15) is 12.1 Å². The third-order valence-corrected chi connectivity index (χ3v) is 2.97. The standard InChI is InChI=1S/C15H20N4O/c1-3-20-15-11(2)14(17-10-18-15)19-13-6-4-12(5-7-13)8-9-16/h4-7,10H,3,8-9,16H2,1-2H3,(H,17,18,19). The Morgan fingerprint density at radius 2 is 1.95 bits per heavy atom. The van der Waals surface area contributed by atoms with Gasteiger partial charge in [0.2, 0.25) is 5.88 Å². The van der Waals surface area contributed by atoms with Crippen molar-refractivity contribution in [3.8, 4) is 5.88 Å². The lowest BCUT2D eigenvalue weighted by Gasteiger charge is -2.11. The number of hydrogen-bond donors (Lipinski definition) is 2. The first-order chi connectivity index (χ1) is 9.74. The number of ether oxygens (including phenoxy) is 1. The van der Waals surface area contributed by atoms with Gasteiger partial charge < -0.3 is 15.8 Å². The van der Waals surface area contributed by atoms with E-state index in [0.717, 1.165) is 23.5 Å². The van der Waals surface area contributed by atoms with Crippen LogP contribution in [0.25, 0.3) is 0 Å². The van der Waals surface area contributed by atoms with Crippen LogP contribution in [-0.4, -0.2) is 23.1 Å². The maximum atomic E-state index is 5.54. The van der Waals surface area contributed by atoms with Crippen LogP contribution in [0.3, 0.4) is 0 Å². The van der Waals surface area contributed by atoms with Crippen molar-refractivity contribution in [2.24, 2.45) is 5.73 Å². The molecule has 20 heavy (non-hydrogen) atoms. The predicted molar refractivity (Wildman–Crippen MR) is 80.4 cm³/mol. The summed E-state index contributed by atoms with van der Waals surface area (Å²) in [5, 5.41) is 3.28. The molecule has 5 nitrogen and oxygen atoms in total. The number of nitrogens with zero attached hydrogens (tertiary/aromatic N) is 2. The van der Waals surface area contributed by atoms with Crippen molar-refractivity contribution in [1.29, 1.82) is 0 Å². The van der Waals surface area contributed by atoms with Crippen molar-refractivity contribution < 1.29 is 4.74 Å². The molecule has 0 atom stereocenters. The molecule has 0 spiro atoms. The highest BCUT2D eigenvalue weighted by Crippen LogP contribution is 2.23. The van der Waals surface area contributed by atoms with Gasteiger partial charge in [-0.25, -0.2) is 9.97 Å². The van der Waals surface area contributed by atoms with Crippen LogP contribution >= 0.6 is 0 Å². The first-order valence-electron chi connectivity index (χ1n) is 6.75. The number of anilines is 2. The van der Waals surface area contributed by atoms with E-state index >= 15 is 0 Å². The van der Waals surface area contributed by atoms with Crippen LogP contribution < -0.4 is 15.8 Å². The van der Waals surface area contributed by atoms with Crippen molar-refractivity contribution in [2.75, 3.05) is 18.5 Å². The van der Waals surface area contributed by atoms with Gasteiger partial charge in [0, 0.05) is 5.69 Å². The Balaban J connectivity index is 2.15. The summed E-state index contributed by atoms with van der Waals surface area (Å²) in [5.74, 6) is 1.37. The third-order valence-electron chi connectivity index (χ3n) is 2.97. The average molecular weight is 272 g/mol. The lowest BCUT2D eigenvalue weighted by atomic mass is 10.1. The summed E-state index contributed by atoms with van der Waals surface area (Å²) < 4.78 is 5.46. The summed E-state index contributed by atoms with van der Waals surface area (Å²) in [6.07, 6.45) is 2.39. The van der Waals surface area contributed by atoms with Gasteiger partial charge in [0.15, 0.2) is 0 Å². The van der Waals surface area contributed by atoms with Gasteiger partial charge in [-0.15, -0.1) is 0 Å². The van der Waals surface area contributed by atoms with Gasteiger partial charge >= 0.3 is 0 Å². The summed E-state index contributed by atoms with van der Waals surface area (Å²) >= 11 is 0. The summed E-state index contributed by atoms with van der Waals surface area (Å²) in [6, 6.07) is 8.17. The van der Waals surface area contributed by atoms with E-state index in [2.05, 4.69) is 27.4 Å². The van der Waals surface area contributed by atoms with Crippen molar-refractivity contribution in [3.63, 3.8) is 0 Å². The van der Waals surface area contributed by atoms with Gasteiger partial charge in [-0.1, -0.05) is 12.1 Å². The zero-order chi connectivity index (χ0) is 14.4. The molecule has 3 N–H and O–H groups in total. The van der Waals surface area contributed by atoms with Gasteiger partial charge in [0.25, 0.3) is 0 Å². The Morgan fingerprint density at radius 3 is 2.60 bits per heavy atom. The average Bonchev–Trinajstić information content (AvgIpc) is 2.46. The topological polar surface area (TPSA) is 73.1 Å². The normalized spacial score (nSPS) is 10.3. The molecule has 0 amide bonds. The van der Waals surface area contributed by atoms with Crippen LogP contribution in [0.5, 0.6) is 5.88 Å². The molecule has 0 aliphatic heterocycles. The fourth-order valence-corrected chi connectivity index (χ4v) is 1.90. The molecular weight excluding hydrogens is 252 g/mol. The van der Waals surface area contributed by atoms with Crippen LogP contribution in [0, 0.1) is 6.92 Å².